The normalized spacial score (nSPS) is 21.1. The number of carbonyl (C=O) groups excluding carboxylic acids is 1. The zero-order valence-electron chi connectivity index (χ0n) is 45.3. The number of hydrogen-bond donors (Lipinski definition) is 0. The Morgan fingerprint density at radius 2 is 1.35 bits per heavy atom. The lowest BCUT2D eigenvalue weighted by atomic mass is 9.91. The van der Waals surface area contributed by atoms with Crippen molar-refractivity contribution in [2.45, 2.75) is 178 Å². The third-order valence-electron chi connectivity index (χ3n) is 15.0. The Bertz CT molecular complexity index is 2300. The second-order valence-electron chi connectivity index (χ2n) is 21.4. The molecule has 2 fully saturated rings. The van der Waals surface area contributed by atoms with Gasteiger partial charge in [0.2, 0.25) is 0 Å². The predicted molar refractivity (Wildman–Crippen MR) is 289 cm³/mol. The zero-order chi connectivity index (χ0) is 53.8. The first kappa shape index (κ1) is 59.1. The minimum absolute atomic E-state index is 0.0271. The van der Waals surface area contributed by atoms with E-state index in [0.717, 1.165) is 46.9 Å². The third-order valence-corrected chi connectivity index (χ3v) is 24.8. The molecule has 2 saturated heterocycles. The van der Waals surface area contributed by atoms with Crippen LogP contribution >= 0.6 is 0 Å². The quantitative estimate of drug-likeness (QED) is 0.0262. The highest BCUT2D eigenvalue weighted by Gasteiger charge is 2.64. The van der Waals surface area contributed by atoms with E-state index in [-0.39, 0.29) is 30.6 Å². The van der Waals surface area contributed by atoms with Crippen LogP contribution in [0.3, 0.4) is 0 Å². The lowest BCUT2D eigenvalue weighted by Gasteiger charge is -2.48. The van der Waals surface area contributed by atoms with E-state index in [1.54, 1.807) is 13.2 Å². The summed E-state index contributed by atoms with van der Waals surface area (Å²) in [7, 11) is -2.80. The molecule has 4 aromatic carbocycles. The molecule has 2 aliphatic rings. The summed E-state index contributed by atoms with van der Waals surface area (Å²) in [5.74, 6) is -1.68. The van der Waals surface area contributed by atoms with E-state index in [9.17, 15) is 4.79 Å². The Hall–Kier alpha value is -4.17. The van der Waals surface area contributed by atoms with Crippen molar-refractivity contribution in [3.8, 4) is 5.75 Å². The van der Waals surface area contributed by atoms with E-state index in [1.165, 1.54) is 24.3 Å². The lowest BCUT2D eigenvalue weighted by molar-refractivity contribution is -0.278. The predicted octanol–water partition coefficient (Wildman–Crippen LogP) is 12.4. The van der Waals surface area contributed by atoms with Crippen molar-refractivity contribution in [3.05, 3.63) is 139 Å². The second-order valence-corrected chi connectivity index (χ2v) is 30.4. The number of methoxy groups -OCH3 is 2. The van der Waals surface area contributed by atoms with Gasteiger partial charge in [0.05, 0.1) is 44.7 Å². The fourth-order valence-corrected chi connectivity index (χ4v) is 18.4. The highest BCUT2D eigenvalue weighted by Crippen LogP contribution is 2.45. The molecular formula is C59H81F3O10Si2. The molecule has 0 unspecified atom stereocenters. The first-order chi connectivity index (χ1) is 35.2. The summed E-state index contributed by atoms with van der Waals surface area (Å²) in [5, 5.41) is 1.86. The molecule has 0 spiro atoms. The fourth-order valence-electron chi connectivity index (χ4n) is 10.8. The van der Waals surface area contributed by atoms with Gasteiger partial charge in [-0.2, -0.15) is 13.2 Å². The molecule has 0 amide bonds. The fraction of sp³-hybridized carbons (Fsp3) is 0.542. The number of benzene rings is 4. The van der Waals surface area contributed by atoms with Crippen molar-refractivity contribution in [3.63, 3.8) is 0 Å². The molecule has 2 heterocycles. The summed E-state index contributed by atoms with van der Waals surface area (Å²) in [6.07, 6.45) is -6.87. The van der Waals surface area contributed by atoms with Crippen LogP contribution in [0.2, 0.25) is 23.2 Å². The van der Waals surface area contributed by atoms with Gasteiger partial charge in [0.1, 0.15) is 18.0 Å². The maximum absolute atomic E-state index is 15.5. The number of carbonyl (C=O) groups is 1. The van der Waals surface area contributed by atoms with Crippen molar-refractivity contribution in [1.82, 2.24) is 0 Å². The van der Waals surface area contributed by atoms with Gasteiger partial charge in [0.25, 0.3) is 13.9 Å². The molecule has 2 aliphatic heterocycles. The SMILES string of the molecule is C=C(C[C@@H](C[C@@H]1C[C@@H](O[Si](c2ccccc2)(c2ccccc2)C(C)(C)C)C[C@H]([C@@H]2COC(C)(C)O2)O1)OC(=O)[C@](OC)(c1ccccc1)C(F)(F)F)C[C@H](CCOCc1ccc(OC)cc1)O[Si](CC)(CC)CC. The molecule has 15 heteroatoms. The third kappa shape index (κ3) is 14.2. The summed E-state index contributed by atoms with van der Waals surface area (Å²) in [6, 6.07) is 38.1. The number of ether oxygens (including phenoxy) is 7. The van der Waals surface area contributed by atoms with Gasteiger partial charge in [-0.1, -0.05) is 157 Å². The molecule has 10 nitrogen and oxygen atoms in total. The van der Waals surface area contributed by atoms with E-state index in [1.807, 2.05) is 74.5 Å². The van der Waals surface area contributed by atoms with Crippen LogP contribution in [0, 0.1) is 0 Å². The van der Waals surface area contributed by atoms with E-state index < -0.39 is 76.3 Å². The van der Waals surface area contributed by atoms with E-state index in [2.05, 4.69) is 72.4 Å². The minimum atomic E-state index is -5.19. The highest BCUT2D eigenvalue weighted by molar-refractivity contribution is 6.99. The van der Waals surface area contributed by atoms with Gasteiger partial charge in [0.15, 0.2) is 14.1 Å². The van der Waals surface area contributed by atoms with Gasteiger partial charge in [0, 0.05) is 38.5 Å². The first-order valence-electron chi connectivity index (χ1n) is 26.4. The van der Waals surface area contributed by atoms with Crippen LogP contribution in [0.15, 0.2) is 127 Å². The Morgan fingerprint density at radius 1 is 0.784 bits per heavy atom. The first-order valence-corrected chi connectivity index (χ1v) is 30.8. The molecule has 406 valence electrons. The molecule has 6 rings (SSSR count). The van der Waals surface area contributed by atoms with Crippen molar-refractivity contribution in [2.75, 3.05) is 27.4 Å². The largest absolute Gasteiger partial charge is 0.497 e. The summed E-state index contributed by atoms with van der Waals surface area (Å²) >= 11 is 0. The topological polar surface area (TPSA) is 100 Å². The van der Waals surface area contributed by atoms with Gasteiger partial charge in [-0.15, -0.1) is 0 Å². The molecule has 0 aromatic heterocycles. The maximum Gasteiger partial charge on any atom is 0.432 e. The van der Waals surface area contributed by atoms with Gasteiger partial charge < -0.3 is 42.0 Å². The monoisotopic (exact) mass is 1060 g/mol. The van der Waals surface area contributed by atoms with Gasteiger partial charge in [-0.25, -0.2) is 4.79 Å². The van der Waals surface area contributed by atoms with Crippen molar-refractivity contribution in [1.29, 1.82) is 0 Å². The molecule has 0 N–H and O–H groups in total. The summed E-state index contributed by atoms with van der Waals surface area (Å²) in [4.78, 5) is 14.6. The molecule has 74 heavy (non-hydrogen) atoms. The Kier molecular flexibility index (Phi) is 20.6. The Morgan fingerprint density at radius 3 is 1.85 bits per heavy atom. The summed E-state index contributed by atoms with van der Waals surface area (Å²) in [6.45, 7) is 22.5. The van der Waals surface area contributed by atoms with Gasteiger partial charge >= 0.3 is 12.1 Å². The van der Waals surface area contributed by atoms with Crippen LogP contribution in [-0.2, 0) is 54.3 Å². The number of esters is 1. The zero-order valence-corrected chi connectivity index (χ0v) is 47.3. The minimum Gasteiger partial charge on any atom is -0.497 e. The average molecular weight is 1060 g/mol. The van der Waals surface area contributed by atoms with E-state index in [0.29, 0.717) is 44.5 Å². The summed E-state index contributed by atoms with van der Waals surface area (Å²) in [5.41, 5.74) is -2.15. The summed E-state index contributed by atoms with van der Waals surface area (Å²) < 4.78 is 104. The number of hydrogen-bond acceptors (Lipinski definition) is 10. The van der Waals surface area contributed by atoms with E-state index >= 15 is 13.2 Å². The smallest absolute Gasteiger partial charge is 0.432 e. The van der Waals surface area contributed by atoms with Crippen molar-refractivity contribution >= 4 is 33.0 Å². The number of alkyl halides is 3. The standard InChI is InChI=1S/C59H81F3O10Si2/c1-12-73(13-2,14-3)71-47(34-35-66-41-44-30-32-46(64-10)33-31-44)36-43(4)37-48(69-55(63)58(65-11,59(60,61)62)45-24-18-15-19-25-45)38-49-39-50(40-53(68-49)54-42-67-57(8,9)70-54)72-74(56(5,6)7,51-26-20-16-21-27-51)52-28-22-17-23-29-52/h15-33,47-50,53-54H,4,12-14,34-42H2,1-3,5-11H3/t47-,48-,49+,50+,53+,54-,58+/m0/s1. The van der Waals surface area contributed by atoms with Crippen LogP contribution in [0.25, 0.3) is 0 Å². The average Bonchev–Trinajstić information content (AvgIpc) is 3.75. The molecule has 4 aromatic rings. The molecule has 0 bridgehead atoms. The Balaban J connectivity index is 1.35. The molecule has 0 saturated carbocycles. The maximum atomic E-state index is 15.5. The molecular weight excluding hydrogens is 982 g/mol. The van der Waals surface area contributed by atoms with Crippen molar-refractivity contribution < 1.29 is 60.0 Å². The number of halogens is 3. The molecule has 0 radical (unpaired) electrons. The van der Waals surface area contributed by atoms with Gasteiger partial charge in [-0.3, -0.25) is 0 Å². The second kappa shape index (κ2) is 25.8. The molecule has 7 atom stereocenters. The van der Waals surface area contributed by atoms with Gasteiger partial charge in [-0.05, 0) is 84.4 Å². The lowest BCUT2D eigenvalue weighted by Crippen LogP contribution is -2.68. The number of rotatable bonds is 26. The van der Waals surface area contributed by atoms with Crippen LogP contribution in [0.5, 0.6) is 5.75 Å². The Labute approximate surface area is 440 Å². The molecule has 0 aliphatic carbocycles. The van der Waals surface area contributed by atoms with Crippen LogP contribution in [0.4, 0.5) is 13.2 Å². The van der Waals surface area contributed by atoms with Crippen LogP contribution in [0.1, 0.15) is 105 Å². The van der Waals surface area contributed by atoms with Crippen LogP contribution in [-0.4, -0.2) is 98.6 Å². The van der Waals surface area contributed by atoms with E-state index in [4.69, 9.17) is 42.0 Å². The highest BCUT2D eigenvalue weighted by atomic mass is 28.4. The van der Waals surface area contributed by atoms with Crippen molar-refractivity contribution in [2.24, 2.45) is 0 Å². The van der Waals surface area contributed by atoms with Crippen LogP contribution < -0.4 is 15.1 Å².